The van der Waals surface area contributed by atoms with Crippen LogP contribution in [-0.2, 0) is 25.6 Å². The van der Waals surface area contributed by atoms with Gasteiger partial charge in [-0.2, -0.15) is 0 Å². The predicted molar refractivity (Wildman–Crippen MR) is 109 cm³/mol. The summed E-state index contributed by atoms with van der Waals surface area (Å²) in [6, 6.07) is 7.02. The van der Waals surface area contributed by atoms with Crippen molar-refractivity contribution in [3.63, 3.8) is 0 Å². The van der Waals surface area contributed by atoms with Crippen LogP contribution in [0, 0.1) is 5.92 Å². The second-order valence-electron chi connectivity index (χ2n) is 7.03. The number of nitrogens with one attached hydrogen (secondary N) is 2. The normalized spacial score (nSPS) is 14.0. The molecule has 8 heteroatoms. The van der Waals surface area contributed by atoms with E-state index < -0.39 is 35.1 Å². The van der Waals surface area contributed by atoms with E-state index in [1.807, 2.05) is 19.9 Å². The number of thioether (sulfide) groups is 1. The molecule has 0 saturated heterocycles. The Morgan fingerprint density at radius 3 is 2.04 bits per heavy atom. The van der Waals surface area contributed by atoms with Gasteiger partial charge in [0, 0.05) is 13.3 Å². The molecule has 154 valence electrons. The Morgan fingerprint density at radius 1 is 0.964 bits per heavy atom. The monoisotopic (exact) mass is 408 g/mol. The molecule has 3 atom stereocenters. The highest BCUT2D eigenvalue weighted by Gasteiger charge is 2.28. The SMILES string of the molecule is CC(=O)SC(C)C(=O)NC(CC(C)C)C(=O)N[C@@H](Cc1ccccc1)C(=O)O. The molecule has 0 radical (unpaired) electrons. The lowest BCUT2D eigenvalue weighted by Gasteiger charge is -2.24. The lowest BCUT2D eigenvalue weighted by molar-refractivity contribution is -0.142. The number of hydrogen-bond acceptors (Lipinski definition) is 5. The van der Waals surface area contributed by atoms with Gasteiger partial charge < -0.3 is 15.7 Å². The van der Waals surface area contributed by atoms with E-state index in [0.717, 1.165) is 17.3 Å². The third-order valence-electron chi connectivity index (χ3n) is 3.95. The maximum atomic E-state index is 12.7. The summed E-state index contributed by atoms with van der Waals surface area (Å²) >= 11 is 0.879. The van der Waals surface area contributed by atoms with Crippen LogP contribution in [0.25, 0.3) is 0 Å². The molecule has 3 N–H and O–H groups in total. The molecule has 7 nitrogen and oxygen atoms in total. The van der Waals surface area contributed by atoms with Crippen molar-refractivity contribution in [3.8, 4) is 0 Å². The third kappa shape index (κ3) is 8.56. The van der Waals surface area contributed by atoms with Crippen LogP contribution in [0.15, 0.2) is 30.3 Å². The molecule has 1 aromatic carbocycles. The number of rotatable bonds is 10. The van der Waals surface area contributed by atoms with Gasteiger partial charge >= 0.3 is 5.97 Å². The van der Waals surface area contributed by atoms with Crippen LogP contribution >= 0.6 is 11.8 Å². The molecular weight excluding hydrogens is 380 g/mol. The predicted octanol–water partition coefficient (Wildman–Crippen LogP) is 2.00. The first-order valence-corrected chi connectivity index (χ1v) is 10.0. The summed E-state index contributed by atoms with van der Waals surface area (Å²) < 4.78 is 0. The number of carboxylic acid groups (broad SMARTS) is 1. The molecule has 0 bridgehead atoms. The number of benzene rings is 1. The first-order valence-electron chi connectivity index (χ1n) is 9.14. The van der Waals surface area contributed by atoms with Gasteiger partial charge in [0.15, 0.2) is 5.12 Å². The molecule has 0 aliphatic carbocycles. The minimum absolute atomic E-state index is 0.101. The van der Waals surface area contributed by atoms with Crippen molar-refractivity contribution < 1.29 is 24.3 Å². The Labute approximate surface area is 169 Å². The van der Waals surface area contributed by atoms with E-state index in [2.05, 4.69) is 10.6 Å². The van der Waals surface area contributed by atoms with Crippen molar-refractivity contribution in [1.82, 2.24) is 10.6 Å². The maximum absolute atomic E-state index is 12.7. The average molecular weight is 409 g/mol. The number of hydrogen-bond donors (Lipinski definition) is 3. The Morgan fingerprint density at radius 2 is 1.54 bits per heavy atom. The van der Waals surface area contributed by atoms with E-state index in [4.69, 9.17) is 0 Å². The maximum Gasteiger partial charge on any atom is 0.326 e. The van der Waals surface area contributed by atoms with Crippen LogP contribution in [0.2, 0.25) is 0 Å². The van der Waals surface area contributed by atoms with Gasteiger partial charge in [-0.1, -0.05) is 55.9 Å². The van der Waals surface area contributed by atoms with Crippen molar-refractivity contribution in [1.29, 1.82) is 0 Å². The molecular formula is C20H28N2O5S. The van der Waals surface area contributed by atoms with Crippen molar-refractivity contribution >= 4 is 34.7 Å². The lowest BCUT2D eigenvalue weighted by Crippen LogP contribution is -2.53. The molecule has 28 heavy (non-hydrogen) atoms. The number of amides is 2. The van der Waals surface area contributed by atoms with Gasteiger partial charge in [0.1, 0.15) is 12.1 Å². The minimum atomic E-state index is -1.15. The van der Waals surface area contributed by atoms with Crippen molar-refractivity contribution in [2.45, 2.75) is 57.9 Å². The molecule has 0 saturated carbocycles. The fourth-order valence-electron chi connectivity index (χ4n) is 2.62. The highest BCUT2D eigenvalue weighted by Crippen LogP contribution is 2.13. The molecule has 2 unspecified atom stereocenters. The molecule has 0 aliphatic rings. The quantitative estimate of drug-likeness (QED) is 0.546. The number of aliphatic carboxylic acids is 1. The third-order valence-corrected chi connectivity index (χ3v) is 4.85. The van der Waals surface area contributed by atoms with Gasteiger partial charge in [-0.15, -0.1) is 0 Å². The number of carboxylic acids is 1. The summed E-state index contributed by atoms with van der Waals surface area (Å²) in [6.45, 7) is 6.76. The van der Waals surface area contributed by atoms with Crippen molar-refractivity contribution in [3.05, 3.63) is 35.9 Å². The van der Waals surface area contributed by atoms with E-state index in [9.17, 15) is 24.3 Å². The molecule has 1 aromatic rings. The van der Waals surface area contributed by atoms with E-state index in [-0.39, 0.29) is 17.5 Å². The average Bonchev–Trinajstić information content (AvgIpc) is 2.60. The number of carbonyl (C=O) groups is 4. The fourth-order valence-corrected chi connectivity index (χ4v) is 3.29. The molecule has 0 aromatic heterocycles. The van der Waals surface area contributed by atoms with Crippen molar-refractivity contribution in [2.24, 2.45) is 5.92 Å². The van der Waals surface area contributed by atoms with Crippen molar-refractivity contribution in [2.75, 3.05) is 0 Å². The second-order valence-corrected chi connectivity index (χ2v) is 8.55. The zero-order valence-electron chi connectivity index (χ0n) is 16.6. The summed E-state index contributed by atoms with van der Waals surface area (Å²) in [4.78, 5) is 47.8. The van der Waals surface area contributed by atoms with Crippen LogP contribution in [0.1, 0.15) is 39.7 Å². The summed E-state index contributed by atoms with van der Waals surface area (Å²) in [7, 11) is 0. The molecule has 2 amide bonds. The standard InChI is InChI=1S/C20H28N2O5S/c1-12(2)10-16(21-18(24)13(3)28-14(4)23)19(25)22-17(20(26)27)11-15-8-6-5-7-9-15/h5-9,12-13,16-17H,10-11H2,1-4H3,(H,21,24)(H,22,25)(H,26,27)/t13?,16?,17-/m0/s1. The molecule has 0 spiro atoms. The fraction of sp³-hybridized carbons (Fsp3) is 0.500. The van der Waals surface area contributed by atoms with Gasteiger partial charge in [0.25, 0.3) is 0 Å². The van der Waals surface area contributed by atoms with E-state index >= 15 is 0 Å². The van der Waals surface area contributed by atoms with Crippen LogP contribution in [-0.4, -0.2) is 45.3 Å². The van der Waals surface area contributed by atoms with Gasteiger partial charge in [-0.3, -0.25) is 14.4 Å². The van der Waals surface area contributed by atoms with Crippen LogP contribution in [0.5, 0.6) is 0 Å². The number of carbonyl (C=O) groups excluding carboxylic acids is 3. The second kappa shape index (κ2) is 11.5. The lowest BCUT2D eigenvalue weighted by atomic mass is 10.0. The first kappa shape index (κ1) is 23.7. The summed E-state index contributed by atoms with van der Waals surface area (Å²) in [5, 5.41) is 13.8. The Bertz CT molecular complexity index is 693. The first-order chi connectivity index (χ1) is 13.1. The zero-order valence-corrected chi connectivity index (χ0v) is 17.4. The van der Waals surface area contributed by atoms with Crippen LogP contribution in [0.3, 0.4) is 0 Å². The largest absolute Gasteiger partial charge is 0.480 e. The summed E-state index contributed by atoms with van der Waals surface area (Å²) in [6.07, 6.45) is 0.494. The van der Waals surface area contributed by atoms with Gasteiger partial charge in [-0.25, -0.2) is 4.79 Å². The molecule has 1 rings (SSSR count). The highest BCUT2D eigenvalue weighted by molar-refractivity contribution is 8.14. The molecule has 0 aliphatic heterocycles. The van der Waals surface area contributed by atoms with Gasteiger partial charge in [0.05, 0.1) is 5.25 Å². The van der Waals surface area contributed by atoms with E-state index in [1.165, 1.54) is 6.92 Å². The van der Waals surface area contributed by atoms with E-state index in [0.29, 0.717) is 6.42 Å². The van der Waals surface area contributed by atoms with Crippen LogP contribution < -0.4 is 10.6 Å². The smallest absolute Gasteiger partial charge is 0.326 e. The Kier molecular flexibility index (Phi) is 9.72. The van der Waals surface area contributed by atoms with Gasteiger partial charge in [0.2, 0.25) is 11.8 Å². The zero-order chi connectivity index (χ0) is 21.3. The Hall–Kier alpha value is -2.35. The molecule has 0 heterocycles. The highest BCUT2D eigenvalue weighted by atomic mass is 32.2. The summed E-state index contributed by atoms with van der Waals surface area (Å²) in [5.74, 6) is -2.03. The van der Waals surface area contributed by atoms with E-state index in [1.54, 1.807) is 31.2 Å². The van der Waals surface area contributed by atoms with Crippen LogP contribution in [0.4, 0.5) is 0 Å². The molecule has 0 fully saturated rings. The van der Waals surface area contributed by atoms with Gasteiger partial charge in [-0.05, 0) is 24.8 Å². The minimum Gasteiger partial charge on any atom is -0.480 e. The Balaban J connectivity index is 2.84. The summed E-state index contributed by atoms with van der Waals surface area (Å²) in [5.41, 5.74) is 0.783. The topological polar surface area (TPSA) is 113 Å².